The van der Waals surface area contributed by atoms with Crippen LogP contribution in [0, 0.1) is 0 Å². The molecular formula is C12H13F6N2O7S-. The first kappa shape index (κ1) is 24.1. The number of rotatable bonds is 7. The fraction of sp³-hybridized carbons (Fsp3) is 0.667. The Labute approximate surface area is 154 Å². The van der Waals surface area contributed by atoms with Gasteiger partial charge in [-0.15, -0.1) is 0 Å². The highest BCUT2D eigenvalue weighted by atomic mass is 32.2. The monoisotopic (exact) mass is 443 g/mol. The van der Waals surface area contributed by atoms with Gasteiger partial charge in [-0.05, 0) is 0 Å². The lowest BCUT2D eigenvalue weighted by atomic mass is 10.2. The first-order chi connectivity index (χ1) is 12.6. The summed E-state index contributed by atoms with van der Waals surface area (Å²) in [6.45, 7) is -1.35. The maximum absolute atomic E-state index is 13.6. The molecule has 1 amide bonds. The molecule has 0 aromatic carbocycles. The molecule has 0 saturated carbocycles. The van der Waals surface area contributed by atoms with Crippen LogP contribution < -0.4 is 5.32 Å². The zero-order valence-corrected chi connectivity index (χ0v) is 14.5. The molecule has 0 aliphatic carbocycles. The van der Waals surface area contributed by atoms with E-state index in [-0.39, 0.29) is 13.1 Å². The van der Waals surface area contributed by atoms with Gasteiger partial charge in [0.2, 0.25) is 5.83 Å². The molecule has 1 aliphatic heterocycles. The van der Waals surface area contributed by atoms with Crippen LogP contribution in [0.1, 0.15) is 0 Å². The van der Waals surface area contributed by atoms with Gasteiger partial charge in [0.1, 0.15) is 6.61 Å². The van der Waals surface area contributed by atoms with Crippen molar-refractivity contribution in [2.75, 3.05) is 32.8 Å². The summed E-state index contributed by atoms with van der Waals surface area (Å²) < 4.78 is 119. The zero-order chi connectivity index (χ0) is 22.0. The molecule has 1 rings (SSSR count). The number of amides is 1. The molecule has 0 aromatic heterocycles. The third kappa shape index (κ3) is 5.12. The van der Waals surface area contributed by atoms with E-state index in [9.17, 15) is 48.9 Å². The number of halogens is 6. The smallest absolute Gasteiger partial charge is 0.466 e. The molecule has 1 aliphatic rings. The van der Waals surface area contributed by atoms with Crippen LogP contribution in [-0.4, -0.2) is 79.8 Å². The highest BCUT2D eigenvalue weighted by Crippen LogP contribution is 2.39. The van der Waals surface area contributed by atoms with Gasteiger partial charge in [-0.25, -0.2) is 13.2 Å². The van der Waals surface area contributed by atoms with Gasteiger partial charge in [0, 0.05) is 26.2 Å². The molecule has 9 nitrogen and oxygen atoms in total. The summed E-state index contributed by atoms with van der Waals surface area (Å²) in [4.78, 5) is 24.0. The number of nitrogens with one attached hydrogen (secondary N) is 1. The van der Waals surface area contributed by atoms with Gasteiger partial charge in [0.15, 0.2) is 10.1 Å². The molecule has 16 heteroatoms. The molecule has 1 N–H and O–H groups in total. The van der Waals surface area contributed by atoms with Crippen LogP contribution in [0.15, 0.2) is 12.4 Å². The number of ether oxygens (including phenoxy) is 2. The van der Waals surface area contributed by atoms with Gasteiger partial charge >= 0.3 is 29.1 Å². The van der Waals surface area contributed by atoms with Crippen molar-refractivity contribution < 1.29 is 58.4 Å². The lowest BCUT2D eigenvalue weighted by molar-refractivity contribution is -0.356. The molecule has 0 bridgehead atoms. The van der Waals surface area contributed by atoms with Crippen LogP contribution in [-0.2, 0) is 29.2 Å². The number of nitrogens with zero attached hydrogens (tertiary/aromatic N) is 1. The topological polar surface area (TPSA) is 125 Å². The second-order valence-corrected chi connectivity index (χ2v) is 6.84. The van der Waals surface area contributed by atoms with Gasteiger partial charge in [-0.3, -0.25) is 4.79 Å². The molecule has 0 aromatic rings. The summed E-state index contributed by atoms with van der Waals surface area (Å²) in [6, 6.07) is 0. The van der Waals surface area contributed by atoms with Crippen LogP contribution in [0.5, 0.6) is 0 Å². The van der Waals surface area contributed by atoms with Crippen molar-refractivity contribution in [1.29, 1.82) is 0 Å². The van der Waals surface area contributed by atoms with Gasteiger partial charge < -0.3 is 24.2 Å². The Morgan fingerprint density at radius 1 is 1.14 bits per heavy atom. The fourth-order valence-corrected chi connectivity index (χ4v) is 2.12. The van der Waals surface area contributed by atoms with Crippen molar-refractivity contribution in [2.24, 2.45) is 0 Å². The molecule has 162 valence electrons. The Balaban J connectivity index is 3.41. The number of esters is 1. The maximum Gasteiger partial charge on any atom is 0.466 e. The standard InChI is InChI=1S/C12H14F6N2O7S/c1-7(13)8(21)27-11(12(16,17)18,9(22)20-4-2-19-3-5-20)26-6-10(14,15)28(23,24)25/h19H,1-6H2,(H,23,24,25)/p-1. The summed E-state index contributed by atoms with van der Waals surface area (Å²) in [6.07, 6.45) is -6.07. The quantitative estimate of drug-likeness (QED) is 0.190. The third-order valence-corrected chi connectivity index (χ3v) is 4.18. The number of alkyl halides is 5. The maximum atomic E-state index is 13.6. The average Bonchev–Trinajstić information content (AvgIpc) is 2.56. The highest BCUT2D eigenvalue weighted by molar-refractivity contribution is 7.86. The van der Waals surface area contributed by atoms with E-state index in [0.29, 0.717) is 4.90 Å². The minimum Gasteiger partial charge on any atom is -0.743 e. The Bertz CT molecular complexity index is 735. The van der Waals surface area contributed by atoms with Crippen molar-refractivity contribution in [1.82, 2.24) is 10.2 Å². The Morgan fingerprint density at radius 2 is 1.64 bits per heavy atom. The molecule has 28 heavy (non-hydrogen) atoms. The van der Waals surface area contributed by atoms with Crippen LogP contribution >= 0.6 is 0 Å². The SMILES string of the molecule is C=C(F)C(=O)OC(OCC(F)(F)S(=O)(=O)[O-])(C(=O)N1CCNCC1)C(F)(F)F. The van der Waals surface area contributed by atoms with Crippen LogP contribution in [0.25, 0.3) is 0 Å². The molecule has 1 fully saturated rings. The number of hydrogen-bond donors (Lipinski definition) is 1. The molecule has 1 saturated heterocycles. The fourth-order valence-electron chi connectivity index (χ4n) is 1.92. The summed E-state index contributed by atoms with van der Waals surface area (Å²) in [7, 11) is -6.51. The number of carbonyl (C=O) groups is 2. The van der Waals surface area contributed by atoms with Crippen molar-refractivity contribution in [3.05, 3.63) is 12.4 Å². The Morgan fingerprint density at radius 3 is 2.04 bits per heavy atom. The van der Waals surface area contributed by atoms with Crippen LogP contribution in [0.3, 0.4) is 0 Å². The first-order valence-electron chi connectivity index (χ1n) is 7.17. The predicted octanol–water partition coefficient (Wildman–Crippen LogP) is -0.142. The lowest BCUT2D eigenvalue weighted by Crippen LogP contribution is -2.65. The molecular weight excluding hydrogens is 430 g/mol. The van der Waals surface area contributed by atoms with E-state index in [1.165, 1.54) is 0 Å². The van der Waals surface area contributed by atoms with E-state index in [1.54, 1.807) is 0 Å². The van der Waals surface area contributed by atoms with Gasteiger partial charge in [0.05, 0.1) is 0 Å². The van der Waals surface area contributed by atoms with Crippen molar-refractivity contribution in [3.63, 3.8) is 0 Å². The van der Waals surface area contributed by atoms with Crippen LogP contribution in [0.2, 0.25) is 0 Å². The van der Waals surface area contributed by atoms with E-state index in [0.717, 1.165) is 0 Å². The second kappa shape index (κ2) is 8.22. The third-order valence-electron chi connectivity index (χ3n) is 3.33. The highest BCUT2D eigenvalue weighted by Gasteiger charge is 2.68. The molecule has 1 heterocycles. The minimum atomic E-state index is -6.51. The normalized spacial score (nSPS) is 18.3. The first-order valence-corrected chi connectivity index (χ1v) is 8.58. The minimum absolute atomic E-state index is 0.0332. The van der Waals surface area contributed by atoms with E-state index < -0.39 is 64.7 Å². The van der Waals surface area contributed by atoms with Crippen LogP contribution in [0.4, 0.5) is 26.3 Å². The van der Waals surface area contributed by atoms with Gasteiger partial charge in [-0.1, -0.05) is 6.58 Å². The zero-order valence-electron chi connectivity index (χ0n) is 13.7. The summed E-state index contributed by atoms with van der Waals surface area (Å²) >= 11 is 0. The van der Waals surface area contributed by atoms with E-state index in [2.05, 4.69) is 21.4 Å². The largest absolute Gasteiger partial charge is 0.743 e. The summed E-state index contributed by atoms with van der Waals surface area (Å²) in [5, 5.41) is -2.77. The molecule has 1 atom stereocenters. The Kier molecular flexibility index (Phi) is 7.08. The van der Waals surface area contributed by atoms with Crippen molar-refractivity contribution >= 4 is 22.0 Å². The lowest BCUT2D eigenvalue weighted by Gasteiger charge is -2.38. The number of carbonyl (C=O) groups excluding carboxylic acids is 2. The summed E-state index contributed by atoms with van der Waals surface area (Å²) in [5.74, 6) is -11.7. The number of hydrogen-bond acceptors (Lipinski definition) is 8. The van der Waals surface area contributed by atoms with E-state index >= 15 is 0 Å². The van der Waals surface area contributed by atoms with Gasteiger partial charge in [-0.2, -0.15) is 26.3 Å². The molecule has 1 unspecified atom stereocenters. The number of piperazine rings is 1. The predicted molar refractivity (Wildman–Crippen MR) is 75.2 cm³/mol. The van der Waals surface area contributed by atoms with Crippen molar-refractivity contribution in [3.8, 4) is 0 Å². The molecule has 0 radical (unpaired) electrons. The van der Waals surface area contributed by atoms with E-state index in [4.69, 9.17) is 0 Å². The van der Waals surface area contributed by atoms with Gasteiger partial charge in [0.25, 0.3) is 0 Å². The van der Waals surface area contributed by atoms with Crippen molar-refractivity contribution in [2.45, 2.75) is 17.2 Å². The summed E-state index contributed by atoms with van der Waals surface area (Å²) in [5.41, 5.74) is 0. The average molecular weight is 443 g/mol. The molecule has 0 spiro atoms. The second-order valence-electron chi connectivity index (χ2n) is 5.33. The Hall–Kier alpha value is -1.91. The van der Waals surface area contributed by atoms with E-state index in [1.807, 2.05) is 0 Å².